The van der Waals surface area contributed by atoms with Crippen molar-refractivity contribution in [2.75, 3.05) is 0 Å². The highest BCUT2D eigenvalue weighted by Crippen LogP contribution is 2.37. The van der Waals surface area contributed by atoms with E-state index in [0.29, 0.717) is 0 Å². The predicted molar refractivity (Wildman–Crippen MR) is 73.8 cm³/mol. The molecule has 0 spiro atoms. The lowest BCUT2D eigenvalue weighted by Gasteiger charge is -2.15. The first-order valence-corrected chi connectivity index (χ1v) is 6.62. The lowest BCUT2D eigenvalue weighted by Crippen LogP contribution is -2.10. The summed E-state index contributed by atoms with van der Waals surface area (Å²) in [7, 11) is 0. The second-order valence-electron chi connectivity index (χ2n) is 4.94. The number of hydrogen-bond acceptors (Lipinski definition) is 1. The number of benzene rings is 2. The van der Waals surface area contributed by atoms with Crippen molar-refractivity contribution < 1.29 is 5.11 Å². The van der Waals surface area contributed by atoms with Crippen molar-refractivity contribution in [3.8, 4) is 0 Å². The molecule has 1 N–H and O–H groups in total. The molecule has 0 aliphatic heterocycles. The van der Waals surface area contributed by atoms with Crippen LogP contribution in [0.25, 0.3) is 0 Å². The van der Waals surface area contributed by atoms with Gasteiger partial charge in [0.25, 0.3) is 0 Å². The van der Waals surface area contributed by atoms with E-state index in [4.69, 9.17) is 11.6 Å². The van der Waals surface area contributed by atoms with Crippen LogP contribution in [0.4, 0.5) is 0 Å². The molecule has 2 heteroatoms. The van der Waals surface area contributed by atoms with Gasteiger partial charge in [-0.1, -0.05) is 48.0 Å². The molecular weight excluding hydrogens is 244 g/mol. The Morgan fingerprint density at radius 2 is 1.78 bits per heavy atom. The van der Waals surface area contributed by atoms with Gasteiger partial charge in [-0.2, -0.15) is 0 Å². The summed E-state index contributed by atoms with van der Waals surface area (Å²) in [5.41, 5.74) is 3.61. The fourth-order valence-electron chi connectivity index (χ4n) is 2.76. The van der Waals surface area contributed by atoms with Crippen molar-refractivity contribution in [3.63, 3.8) is 0 Å². The molecule has 18 heavy (non-hydrogen) atoms. The van der Waals surface area contributed by atoms with Gasteiger partial charge in [-0.25, -0.2) is 0 Å². The van der Waals surface area contributed by atoms with E-state index in [1.165, 1.54) is 11.1 Å². The van der Waals surface area contributed by atoms with E-state index in [1.54, 1.807) is 0 Å². The number of rotatable bonds is 2. The van der Waals surface area contributed by atoms with Gasteiger partial charge in [0.15, 0.2) is 0 Å². The molecule has 0 saturated carbocycles. The van der Waals surface area contributed by atoms with Gasteiger partial charge in [-0.05, 0) is 47.6 Å². The van der Waals surface area contributed by atoms with Crippen LogP contribution in [-0.4, -0.2) is 5.11 Å². The van der Waals surface area contributed by atoms with Crippen molar-refractivity contribution >= 4 is 11.6 Å². The molecule has 3 rings (SSSR count). The molecule has 1 aliphatic rings. The van der Waals surface area contributed by atoms with Gasteiger partial charge in [0.1, 0.15) is 0 Å². The van der Waals surface area contributed by atoms with E-state index in [1.807, 2.05) is 42.5 Å². The number of halogens is 1. The Morgan fingerprint density at radius 1 is 1.06 bits per heavy atom. The third-order valence-corrected chi connectivity index (χ3v) is 3.97. The molecule has 0 bridgehead atoms. The minimum atomic E-state index is -0.336. The van der Waals surface area contributed by atoms with Crippen LogP contribution in [0.5, 0.6) is 0 Å². The summed E-state index contributed by atoms with van der Waals surface area (Å²) in [6, 6.07) is 16.1. The summed E-state index contributed by atoms with van der Waals surface area (Å²) in [5, 5.41) is 11.1. The number of aliphatic hydroxyl groups excluding tert-OH is 1. The monoisotopic (exact) mass is 258 g/mol. The third-order valence-electron chi connectivity index (χ3n) is 3.71. The van der Waals surface area contributed by atoms with E-state index in [2.05, 4.69) is 6.07 Å². The number of fused-ring (bicyclic) bond motifs is 1. The van der Waals surface area contributed by atoms with Crippen LogP contribution < -0.4 is 0 Å². The van der Waals surface area contributed by atoms with E-state index in [0.717, 1.165) is 23.4 Å². The molecule has 1 aliphatic carbocycles. The van der Waals surface area contributed by atoms with Crippen LogP contribution >= 0.6 is 11.6 Å². The zero-order valence-corrected chi connectivity index (χ0v) is 10.8. The molecule has 0 heterocycles. The summed E-state index contributed by atoms with van der Waals surface area (Å²) < 4.78 is 0. The Hall–Kier alpha value is -1.31. The lowest BCUT2D eigenvalue weighted by molar-refractivity contribution is 0.123. The van der Waals surface area contributed by atoms with Crippen LogP contribution in [0.3, 0.4) is 0 Å². The van der Waals surface area contributed by atoms with Crippen LogP contribution in [0.1, 0.15) is 22.8 Å². The van der Waals surface area contributed by atoms with Crippen LogP contribution in [-0.2, 0) is 12.8 Å². The van der Waals surface area contributed by atoms with Crippen molar-refractivity contribution in [3.05, 3.63) is 70.2 Å². The average Bonchev–Trinajstić information content (AvgIpc) is 2.70. The Labute approximate surface area is 112 Å². The smallest absolute Gasteiger partial charge is 0.0827 e. The van der Waals surface area contributed by atoms with E-state index in [-0.39, 0.29) is 12.0 Å². The van der Waals surface area contributed by atoms with E-state index >= 15 is 0 Å². The van der Waals surface area contributed by atoms with Crippen molar-refractivity contribution in [2.45, 2.75) is 18.9 Å². The summed E-state index contributed by atoms with van der Waals surface area (Å²) in [5.74, 6) is 0.281. The number of aliphatic hydroxyl groups is 1. The molecule has 0 fully saturated rings. The quantitative estimate of drug-likeness (QED) is 0.869. The van der Waals surface area contributed by atoms with Crippen molar-refractivity contribution in [1.82, 2.24) is 0 Å². The molecule has 2 aromatic rings. The largest absolute Gasteiger partial charge is 0.388 e. The fraction of sp³-hybridized carbons (Fsp3) is 0.250. The van der Waals surface area contributed by atoms with Gasteiger partial charge in [0.2, 0.25) is 0 Å². The highest BCUT2D eigenvalue weighted by atomic mass is 35.5. The Bertz CT molecular complexity index is 547. The standard InChI is InChI=1S/C16H15ClO/c17-14-7-5-11(6-8-14)9-13-10-12-3-1-2-4-15(12)16(13)18/h1-8,13,16,18H,9-10H2. The first-order valence-electron chi connectivity index (χ1n) is 6.24. The van der Waals surface area contributed by atoms with Gasteiger partial charge in [0.05, 0.1) is 6.10 Å². The zero-order chi connectivity index (χ0) is 12.5. The van der Waals surface area contributed by atoms with Crippen LogP contribution in [0.2, 0.25) is 5.02 Å². The first kappa shape index (κ1) is 11.8. The first-order chi connectivity index (χ1) is 8.74. The molecule has 2 atom stereocenters. The molecule has 0 amide bonds. The van der Waals surface area contributed by atoms with E-state index < -0.39 is 0 Å². The summed E-state index contributed by atoms with van der Waals surface area (Å²) >= 11 is 5.88. The highest BCUT2D eigenvalue weighted by Gasteiger charge is 2.30. The Kier molecular flexibility index (Phi) is 3.11. The maximum atomic E-state index is 10.3. The van der Waals surface area contributed by atoms with Gasteiger partial charge >= 0.3 is 0 Å². The minimum Gasteiger partial charge on any atom is -0.388 e. The van der Waals surface area contributed by atoms with Crippen LogP contribution in [0, 0.1) is 5.92 Å². The molecular formula is C16H15ClO. The topological polar surface area (TPSA) is 20.2 Å². The lowest BCUT2D eigenvalue weighted by atomic mass is 9.95. The van der Waals surface area contributed by atoms with Gasteiger partial charge in [0, 0.05) is 5.02 Å². The molecule has 0 radical (unpaired) electrons. The molecule has 0 saturated heterocycles. The Balaban J connectivity index is 1.78. The van der Waals surface area contributed by atoms with E-state index in [9.17, 15) is 5.11 Å². The normalized spacial score (nSPS) is 21.9. The van der Waals surface area contributed by atoms with Gasteiger partial charge in [-0.3, -0.25) is 0 Å². The average molecular weight is 259 g/mol. The van der Waals surface area contributed by atoms with Gasteiger partial charge in [-0.15, -0.1) is 0 Å². The number of hydrogen-bond donors (Lipinski definition) is 1. The second kappa shape index (κ2) is 4.75. The zero-order valence-electron chi connectivity index (χ0n) is 10.0. The maximum Gasteiger partial charge on any atom is 0.0827 e. The summed E-state index contributed by atoms with van der Waals surface area (Å²) in [6.07, 6.45) is 1.52. The Morgan fingerprint density at radius 3 is 2.50 bits per heavy atom. The third kappa shape index (κ3) is 2.16. The predicted octanol–water partition coefficient (Wildman–Crippen LogP) is 3.79. The minimum absolute atomic E-state index is 0.281. The van der Waals surface area contributed by atoms with Crippen molar-refractivity contribution in [2.24, 2.45) is 5.92 Å². The van der Waals surface area contributed by atoms with Crippen LogP contribution in [0.15, 0.2) is 48.5 Å². The molecule has 2 aromatic carbocycles. The van der Waals surface area contributed by atoms with Crippen molar-refractivity contribution in [1.29, 1.82) is 0 Å². The molecule has 92 valence electrons. The summed E-state index contributed by atoms with van der Waals surface area (Å²) in [6.45, 7) is 0. The SMILES string of the molecule is OC1c2ccccc2CC1Cc1ccc(Cl)cc1. The highest BCUT2D eigenvalue weighted by molar-refractivity contribution is 6.30. The second-order valence-corrected chi connectivity index (χ2v) is 5.37. The van der Waals surface area contributed by atoms with Gasteiger partial charge < -0.3 is 5.11 Å². The maximum absolute atomic E-state index is 10.3. The molecule has 1 nitrogen and oxygen atoms in total. The molecule has 2 unspecified atom stereocenters. The fourth-order valence-corrected chi connectivity index (χ4v) is 2.89. The molecule has 0 aromatic heterocycles. The summed E-state index contributed by atoms with van der Waals surface area (Å²) in [4.78, 5) is 0.